The summed E-state index contributed by atoms with van der Waals surface area (Å²) in [6.07, 6.45) is 1.67. The van der Waals surface area contributed by atoms with Crippen molar-refractivity contribution in [3.8, 4) is 6.07 Å². The number of nitrogens with zero attached hydrogens (tertiary/aromatic N) is 1. The van der Waals surface area contributed by atoms with Gasteiger partial charge in [-0.25, -0.2) is 13.1 Å². The highest BCUT2D eigenvalue weighted by Gasteiger charge is 2.32. The van der Waals surface area contributed by atoms with Crippen LogP contribution < -0.4 is 4.72 Å². The van der Waals surface area contributed by atoms with Crippen LogP contribution in [-0.2, 0) is 15.8 Å². The van der Waals surface area contributed by atoms with Crippen molar-refractivity contribution in [2.75, 3.05) is 0 Å². The normalized spacial score (nSPS) is 20.5. The van der Waals surface area contributed by atoms with Gasteiger partial charge in [0.1, 0.15) is 0 Å². The van der Waals surface area contributed by atoms with Crippen LogP contribution in [0.2, 0.25) is 0 Å². The third-order valence-corrected chi connectivity index (χ3v) is 5.57. The second-order valence-corrected chi connectivity index (χ2v) is 7.72. The lowest BCUT2D eigenvalue weighted by atomic mass is 9.76. The maximum atomic E-state index is 12.3. The van der Waals surface area contributed by atoms with E-state index in [0.29, 0.717) is 17.0 Å². The molecule has 23 heavy (non-hydrogen) atoms. The number of rotatable bonds is 5. The summed E-state index contributed by atoms with van der Waals surface area (Å²) in [6.45, 7) is 0. The molecule has 0 heterocycles. The fourth-order valence-electron chi connectivity index (χ4n) is 2.96. The minimum atomic E-state index is -3.38. The van der Waals surface area contributed by atoms with Gasteiger partial charge in [-0.15, -0.1) is 0 Å². The van der Waals surface area contributed by atoms with Gasteiger partial charge < -0.3 is 0 Å². The van der Waals surface area contributed by atoms with Crippen LogP contribution in [0.3, 0.4) is 0 Å². The second kappa shape index (κ2) is 6.53. The average molecular weight is 326 g/mol. The zero-order valence-corrected chi connectivity index (χ0v) is 13.5. The van der Waals surface area contributed by atoms with Gasteiger partial charge >= 0.3 is 0 Å². The largest absolute Gasteiger partial charge is 0.216 e. The summed E-state index contributed by atoms with van der Waals surface area (Å²) in [7, 11) is -3.38. The predicted molar refractivity (Wildman–Crippen MR) is 89.1 cm³/mol. The summed E-state index contributed by atoms with van der Waals surface area (Å²) in [5.41, 5.74) is 2.38. The molecule has 0 radical (unpaired) electrons. The van der Waals surface area contributed by atoms with Gasteiger partial charge in [-0.3, -0.25) is 0 Å². The summed E-state index contributed by atoms with van der Waals surface area (Å²) >= 11 is 0. The molecule has 5 heteroatoms. The van der Waals surface area contributed by atoms with E-state index in [1.807, 2.05) is 24.3 Å². The number of hydrogen-bond donors (Lipinski definition) is 1. The molecule has 0 spiro atoms. The Morgan fingerprint density at radius 1 is 1.09 bits per heavy atom. The molecule has 0 saturated heterocycles. The molecule has 0 bridgehead atoms. The van der Waals surface area contributed by atoms with E-state index in [0.717, 1.165) is 12.8 Å². The van der Waals surface area contributed by atoms with Crippen molar-refractivity contribution in [1.29, 1.82) is 5.26 Å². The van der Waals surface area contributed by atoms with Crippen LogP contribution in [-0.4, -0.2) is 14.5 Å². The van der Waals surface area contributed by atoms with Crippen molar-refractivity contribution < 1.29 is 8.42 Å². The molecule has 0 amide bonds. The highest BCUT2D eigenvalue weighted by Crippen LogP contribution is 2.37. The zero-order chi connectivity index (χ0) is 16.3. The molecule has 1 aliphatic carbocycles. The van der Waals surface area contributed by atoms with Gasteiger partial charge in [0.2, 0.25) is 10.0 Å². The van der Waals surface area contributed by atoms with E-state index in [4.69, 9.17) is 5.26 Å². The van der Waals surface area contributed by atoms with Crippen LogP contribution >= 0.6 is 0 Å². The lowest BCUT2D eigenvalue weighted by Gasteiger charge is -2.36. The first kappa shape index (κ1) is 15.7. The number of sulfonamides is 1. The molecule has 0 aromatic heterocycles. The quantitative estimate of drug-likeness (QED) is 0.918. The summed E-state index contributed by atoms with van der Waals surface area (Å²) in [6, 6.07) is 18.9. The summed E-state index contributed by atoms with van der Waals surface area (Å²) in [4.78, 5) is 0. The SMILES string of the molecule is N#Cc1cccc(CS(=O)(=O)NC2CC(c3ccccc3)C2)c1. The molecule has 0 aliphatic heterocycles. The summed E-state index contributed by atoms with van der Waals surface area (Å²) in [5.74, 6) is 0.348. The van der Waals surface area contributed by atoms with Crippen LogP contribution in [0.15, 0.2) is 54.6 Å². The van der Waals surface area contributed by atoms with Gasteiger partial charge in [0.05, 0.1) is 17.4 Å². The molecule has 2 aromatic rings. The Labute approximate surface area is 136 Å². The van der Waals surface area contributed by atoms with Crippen LogP contribution in [0.4, 0.5) is 0 Å². The first-order valence-corrected chi connectivity index (χ1v) is 9.25. The fraction of sp³-hybridized carbons (Fsp3) is 0.278. The van der Waals surface area contributed by atoms with Crippen LogP contribution in [0.25, 0.3) is 0 Å². The van der Waals surface area contributed by atoms with E-state index in [-0.39, 0.29) is 11.8 Å². The lowest BCUT2D eigenvalue weighted by Crippen LogP contribution is -2.43. The number of hydrogen-bond acceptors (Lipinski definition) is 3. The molecule has 2 aromatic carbocycles. The van der Waals surface area contributed by atoms with Crippen LogP contribution in [0.1, 0.15) is 35.4 Å². The first-order valence-electron chi connectivity index (χ1n) is 7.60. The Bertz CT molecular complexity index is 820. The zero-order valence-electron chi connectivity index (χ0n) is 12.6. The van der Waals surface area contributed by atoms with Gasteiger partial charge in [0.25, 0.3) is 0 Å². The minimum absolute atomic E-state index is 0.00403. The smallest absolute Gasteiger partial charge is 0.212 e. The van der Waals surface area contributed by atoms with Crippen molar-refractivity contribution in [3.63, 3.8) is 0 Å². The molecule has 0 atom stereocenters. The van der Waals surface area contributed by atoms with E-state index in [9.17, 15) is 8.42 Å². The van der Waals surface area contributed by atoms with E-state index >= 15 is 0 Å². The summed E-state index contributed by atoms with van der Waals surface area (Å²) in [5, 5.41) is 8.88. The van der Waals surface area contributed by atoms with Gasteiger partial charge in [-0.1, -0.05) is 42.5 Å². The molecule has 4 nitrogen and oxygen atoms in total. The number of nitriles is 1. The molecule has 1 aliphatic rings. The summed E-state index contributed by atoms with van der Waals surface area (Å²) < 4.78 is 27.3. The van der Waals surface area contributed by atoms with Crippen LogP contribution in [0, 0.1) is 11.3 Å². The molecule has 1 saturated carbocycles. The van der Waals surface area contributed by atoms with Crippen molar-refractivity contribution in [1.82, 2.24) is 4.72 Å². The van der Waals surface area contributed by atoms with Gasteiger partial charge in [0.15, 0.2) is 0 Å². The second-order valence-electron chi connectivity index (χ2n) is 5.97. The molecular formula is C18H18N2O2S. The molecule has 118 valence electrons. The monoisotopic (exact) mass is 326 g/mol. The predicted octanol–water partition coefficient (Wildman–Crippen LogP) is 2.92. The average Bonchev–Trinajstić information content (AvgIpc) is 2.51. The lowest BCUT2D eigenvalue weighted by molar-refractivity contribution is 0.326. The minimum Gasteiger partial charge on any atom is -0.212 e. The molecule has 1 fully saturated rings. The number of nitrogens with one attached hydrogen (secondary N) is 1. The molecule has 0 unspecified atom stereocenters. The van der Waals surface area contributed by atoms with Crippen LogP contribution in [0.5, 0.6) is 0 Å². The highest BCUT2D eigenvalue weighted by molar-refractivity contribution is 7.88. The molecule has 3 rings (SSSR count). The van der Waals surface area contributed by atoms with Crippen molar-refractivity contribution in [2.45, 2.75) is 30.6 Å². The Morgan fingerprint density at radius 2 is 1.83 bits per heavy atom. The first-order chi connectivity index (χ1) is 11.1. The van der Waals surface area contributed by atoms with Gasteiger partial charge in [-0.2, -0.15) is 5.26 Å². The van der Waals surface area contributed by atoms with E-state index < -0.39 is 10.0 Å². The Hall–Kier alpha value is -2.16. The Balaban J connectivity index is 1.57. The van der Waals surface area contributed by atoms with E-state index in [1.54, 1.807) is 24.3 Å². The van der Waals surface area contributed by atoms with Gasteiger partial charge in [-0.05, 0) is 42.0 Å². The topological polar surface area (TPSA) is 70.0 Å². The fourth-order valence-corrected chi connectivity index (χ4v) is 4.36. The third kappa shape index (κ3) is 3.98. The van der Waals surface area contributed by atoms with Crippen molar-refractivity contribution in [3.05, 3.63) is 71.3 Å². The molecule has 1 N–H and O–H groups in total. The third-order valence-electron chi connectivity index (χ3n) is 4.17. The molecular weight excluding hydrogens is 308 g/mol. The maximum absolute atomic E-state index is 12.3. The number of benzene rings is 2. The highest BCUT2D eigenvalue weighted by atomic mass is 32.2. The van der Waals surface area contributed by atoms with Crippen molar-refractivity contribution >= 4 is 10.0 Å². The van der Waals surface area contributed by atoms with Crippen molar-refractivity contribution in [2.24, 2.45) is 0 Å². The van der Waals surface area contributed by atoms with E-state index in [2.05, 4.69) is 16.9 Å². The van der Waals surface area contributed by atoms with Gasteiger partial charge in [0, 0.05) is 6.04 Å². The standard InChI is InChI=1S/C18H18N2O2S/c19-12-14-5-4-6-15(9-14)13-23(21,22)20-18-10-17(11-18)16-7-2-1-3-8-16/h1-9,17-18,20H,10-11,13H2. The Kier molecular flexibility index (Phi) is 4.46. The maximum Gasteiger partial charge on any atom is 0.216 e. The Morgan fingerprint density at radius 3 is 2.52 bits per heavy atom. The van der Waals surface area contributed by atoms with E-state index in [1.165, 1.54) is 5.56 Å².